The third-order valence-corrected chi connectivity index (χ3v) is 3.75. The van der Waals surface area contributed by atoms with Crippen LogP contribution >= 0.6 is 15.9 Å². The second kappa shape index (κ2) is 7.06. The summed E-state index contributed by atoms with van der Waals surface area (Å²) in [6.45, 7) is 2.71. The maximum absolute atomic E-state index is 10.8. The monoisotopic (exact) mass is 343 g/mol. The molecule has 1 aromatic carbocycles. The van der Waals surface area contributed by atoms with Gasteiger partial charge in [0.05, 0.1) is 26.2 Å². The van der Waals surface area contributed by atoms with Crippen molar-refractivity contribution < 1.29 is 19.4 Å². The molecular weight excluding hydrogens is 326 g/mol. The Morgan fingerprint density at radius 2 is 2.40 bits per heavy atom. The van der Waals surface area contributed by atoms with Crippen molar-refractivity contribution in [3.05, 3.63) is 28.2 Å². The molecule has 1 aliphatic rings. The normalized spacial score (nSPS) is 19.8. The predicted octanol–water partition coefficient (Wildman–Crippen LogP) is 2.13. The van der Waals surface area contributed by atoms with Gasteiger partial charge in [-0.1, -0.05) is 15.9 Å². The summed E-state index contributed by atoms with van der Waals surface area (Å²) in [5, 5.41) is 8.84. The number of morpholine rings is 1. The van der Waals surface area contributed by atoms with Gasteiger partial charge in [-0.15, -0.1) is 0 Å². The van der Waals surface area contributed by atoms with Gasteiger partial charge in [0.25, 0.3) is 0 Å². The van der Waals surface area contributed by atoms with E-state index in [0.29, 0.717) is 13.2 Å². The number of carbonyl (C=O) groups is 1. The second-order valence-corrected chi connectivity index (χ2v) is 5.70. The lowest BCUT2D eigenvalue weighted by atomic mass is 10.1. The van der Waals surface area contributed by atoms with Crippen molar-refractivity contribution in [2.45, 2.75) is 19.1 Å². The van der Waals surface area contributed by atoms with Gasteiger partial charge >= 0.3 is 5.97 Å². The lowest BCUT2D eigenvalue weighted by Gasteiger charge is -2.32. The number of nitrogens with zero attached hydrogens (tertiary/aromatic N) is 1. The zero-order valence-corrected chi connectivity index (χ0v) is 12.9. The van der Waals surface area contributed by atoms with Crippen LogP contribution in [0.15, 0.2) is 22.7 Å². The Bertz CT molecular complexity index is 480. The average molecular weight is 344 g/mol. The quantitative estimate of drug-likeness (QED) is 0.887. The number of rotatable bonds is 5. The van der Waals surface area contributed by atoms with Crippen molar-refractivity contribution in [1.82, 2.24) is 4.90 Å². The van der Waals surface area contributed by atoms with Gasteiger partial charge in [0.2, 0.25) is 0 Å². The fourth-order valence-corrected chi connectivity index (χ4v) is 2.76. The molecule has 6 heteroatoms. The molecule has 0 bridgehead atoms. The number of benzene rings is 1. The molecule has 1 saturated heterocycles. The summed E-state index contributed by atoms with van der Waals surface area (Å²) >= 11 is 3.46. The number of ether oxygens (including phenoxy) is 2. The van der Waals surface area contributed by atoms with Crippen LogP contribution in [0.5, 0.6) is 5.75 Å². The van der Waals surface area contributed by atoms with Crippen LogP contribution in [0.1, 0.15) is 12.0 Å². The first-order valence-corrected chi connectivity index (χ1v) is 7.26. The minimum atomic E-state index is -0.822. The van der Waals surface area contributed by atoms with Gasteiger partial charge in [-0.05, 0) is 18.2 Å². The number of halogens is 1. The van der Waals surface area contributed by atoms with Crippen molar-refractivity contribution in [2.75, 3.05) is 26.8 Å². The SMILES string of the molecule is COc1ccc(Br)cc1CN1CCOC(CC(=O)O)C1. The lowest BCUT2D eigenvalue weighted by Crippen LogP contribution is -2.42. The zero-order valence-electron chi connectivity index (χ0n) is 11.3. The number of carboxylic acids is 1. The van der Waals surface area contributed by atoms with E-state index in [0.717, 1.165) is 28.9 Å². The molecule has 0 spiro atoms. The molecule has 110 valence electrons. The second-order valence-electron chi connectivity index (χ2n) is 4.78. The molecule has 5 nitrogen and oxygen atoms in total. The van der Waals surface area contributed by atoms with Crippen LogP contribution in [0.2, 0.25) is 0 Å². The van der Waals surface area contributed by atoms with Gasteiger partial charge in [0.15, 0.2) is 0 Å². The highest BCUT2D eigenvalue weighted by atomic mass is 79.9. The summed E-state index contributed by atoms with van der Waals surface area (Å²) in [5.41, 5.74) is 1.08. The molecule has 0 aromatic heterocycles. The summed E-state index contributed by atoms with van der Waals surface area (Å²) < 4.78 is 11.8. The number of aliphatic carboxylic acids is 1. The molecule has 20 heavy (non-hydrogen) atoms. The first-order chi connectivity index (χ1) is 9.58. The first kappa shape index (κ1) is 15.3. The maximum Gasteiger partial charge on any atom is 0.306 e. The van der Waals surface area contributed by atoms with E-state index in [1.807, 2.05) is 18.2 Å². The number of hydrogen-bond donors (Lipinski definition) is 1. The maximum atomic E-state index is 10.8. The zero-order chi connectivity index (χ0) is 14.5. The van der Waals surface area contributed by atoms with Crippen LogP contribution in [0.4, 0.5) is 0 Å². The predicted molar refractivity (Wildman–Crippen MR) is 78.0 cm³/mol. The van der Waals surface area contributed by atoms with Gasteiger partial charge < -0.3 is 14.6 Å². The van der Waals surface area contributed by atoms with Crippen molar-refractivity contribution in [2.24, 2.45) is 0 Å². The number of methoxy groups -OCH3 is 1. The molecule has 1 atom stereocenters. The van der Waals surface area contributed by atoms with Gasteiger partial charge in [0, 0.05) is 29.7 Å². The number of hydrogen-bond acceptors (Lipinski definition) is 4. The molecule has 0 aliphatic carbocycles. The number of carboxylic acid groups (broad SMARTS) is 1. The van der Waals surface area contributed by atoms with Crippen LogP contribution in [0.3, 0.4) is 0 Å². The van der Waals surface area contributed by atoms with Crippen LogP contribution in [-0.4, -0.2) is 48.9 Å². The van der Waals surface area contributed by atoms with Crippen molar-refractivity contribution in [1.29, 1.82) is 0 Å². The molecule has 0 saturated carbocycles. The van der Waals surface area contributed by atoms with E-state index in [4.69, 9.17) is 14.6 Å². The smallest absolute Gasteiger partial charge is 0.306 e. The Kier molecular flexibility index (Phi) is 5.39. The molecule has 1 fully saturated rings. The highest BCUT2D eigenvalue weighted by Crippen LogP contribution is 2.25. The Labute approximate surface area is 126 Å². The van der Waals surface area contributed by atoms with E-state index in [1.54, 1.807) is 7.11 Å². The minimum absolute atomic E-state index is 0.0477. The van der Waals surface area contributed by atoms with Crippen molar-refractivity contribution in [3.8, 4) is 5.75 Å². The third-order valence-electron chi connectivity index (χ3n) is 3.26. The fourth-order valence-electron chi connectivity index (χ4n) is 2.35. The van der Waals surface area contributed by atoms with Gasteiger partial charge in [-0.3, -0.25) is 9.69 Å². The minimum Gasteiger partial charge on any atom is -0.496 e. The van der Waals surface area contributed by atoms with Crippen LogP contribution in [0.25, 0.3) is 0 Å². The van der Waals surface area contributed by atoms with Gasteiger partial charge in [0.1, 0.15) is 5.75 Å². The fraction of sp³-hybridized carbons (Fsp3) is 0.500. The Morgan fingerprint density at radius 3 is 3.10 bits per heavy atom. The summed E-state index contributed by atoms with van der Waals surface area (Å²) in [5.74, 6) is 0.0198. The molecular formula is C14H18BrNO4. The molecule has 1 aliphatic heterocycles. The van der Waals surface area contributed by atoms with Crippen molar-refractivity contribution >= 4 is 21.9 Å². The summed E-state index contributed by atoms with van der Waals surface area (Å²) in [7, 11) is 1.65. The molecule has 2 rings (SSSR count). The van der Waals surface area contributed by atoms with Crippen LogP contribution < -0.4 is 4.74 Å². The van der Waals surface area contributed by atoms with Crippen molar-refractivity contribution in [3.63, 3.8) is 0 Å². The Hall–Kier alpha value is -1.11. The van der Waals surface area contributed by atoms with Crippen LogP contribution in [0, 0.1) is 0 Å². The summed E-state index contributed by atoms with van der Waals surface area (Å²) in [4.78, 5) is 12.9. The molecule has 1 N–H and O–H groups in total. The topological polar surface area (TPSA) is 59.0 Å². The molecule has 1 aromatic rings. The third kappa shape index (κ3) is 4.19. The van der Waals surface area contributed by atoms with Gasteiger partial charge in [-0.25, -0.2) is 0 Å². The highest BCUT2D eigenvalue weighted by Gasteiger charge is 2.23. The lowest BCUT2D eigenvalue weighted by molar-refractivity contribution is -0.142. The summed E-state index contributed by atoms with van der Waals surface area (Å²) in [6.07, 6.45) is -0.189. The van der Waals surface area contributed by atoms with E-state index in [9.17, 15) is 4.79 Å². The summed E-state index contributed by atoms with van der Waals surface area (Å²) in [6, 6.07) is 5.89. The van der Waals surface area contributed by atoms with E-state index >= 15 is 0 Å². The molecule has 1 heterocycles. The highest BCUT2D eigenvalue weighted by molar-refractivity contribution is 9.10. The van der Waals surface area contributed by atoms with Crippen LogP contribution in [-0.2, 0) is 16.1 Å². The van der Waals surface area contributed by atoms with Gasteiger partial charge in [-0.2, -0.15) is 0 Å². The molecule has 1 unspecified atom stereocenters. The molecule has 0 amide bonds. The average Bonchev–Trinajstić information content (AvgIpc) is 2.38. The Morgan fingerprint density at radius 1 is 1.60 bits per heavy atom. The van der Waals surface area contributed by atoms with E-state index in [2.05, 4.69) is 20.8 Å². The first-order valence-electron chi connectivity index (χ1n) is 6.46. The Balaban J connectivity index is 2.02. The largest absolute Gasteiger partial charge is 0.496 e. The standard InChI is InChI=1S/C14H18BrNO4/c1-19-13-3-2-11(15)6-10(13)8-16-4-5-20-12(9-16)7-14(17)18/h2-3,6,12H,4-5,7-9H2,1H3,(H,17,18). The van der Waals surface area contributed by atoms with E-state index < -0.39 is 5.97 Å². The molecule has 0 radical (unpaired) electrons. The van der Waals surface area contributed by atoms with E-state index in [-0.39, 0.29) is 12.5 Å². The van der Waals surface area contributed by atoms with E-state index in [1.165, 1.54) is 0 Å².